The maximum absolute atomic E-state index is 13.8. The lowest BCUT2D eigenvalue weighted by Crippen LogP contribution is -2.57. The van der Waals surface area contributed by atoms with E-state index in [4.69, 9.17) is 4.74 Å². The lowest BCUT2D eigenvalue weighted by molar-refractivity contribution is -0.140. The molecule has 0 unspecified atom stereocenters. The number of rotatable bonds is 4. The molecule has 4 rings (SSSR count). The summed E-state index contributed by atoms with van der Waals surface area (Å²) >= 11 is 0. The van der Waals surface area contributed by atoms with Gasteiger partial charge < -0.3 is 20.3 Å². The van der Waals surface area contributed by atoms with Crippen molar-refractivity contribution in [3.05, 3.63) is 54.1 Å². The van der Waals surface area contributed by atoms with Crippen molar-refractivity contribution in [1.29, 1.82) is 0 Å². The fourth-order valence-corrected chi connectivity index (χ4v) is 5.61. The lowest BCUT2D eigenvalue weighted by Gasteiger charge is -2.41. The molecule has 2 fully saturated rings. The molecule has 200 valence electrons. The van der Waals surface area contributed by atoms with Gasteiger partial charge in [-0.2, -0.15) is 0 Å². The number of hydrogen-bond acceptors (Lipinski definition) is 4. The molecule has 0 radical (unpaired) electrons. The first-order valence-corrected chi connectivity index (χ1v) is 13.7. The zero-order valence-electron chi connectivity index (χ0n) is 22.2. The number of ether oxygens (including phenoxy) is 1. The number of amides is 3. The summed E-state index contributed by atoms with van der Waals surface area (Å²) in [5.41, 5.74) is 0.348. The second-order valence-electron chi connectivity index (χ2n) is 11.2. The minimum atomic E-state index is -0.631. The molecule has 0 bridgehead atoms. The highest BCUT2D eigenvalue weighted by atomic mass is 16.5. The van der Waals surface area contributed by atoms with Crippen molar-refractivity contribution < 1.29 is 19.1 Å². The number of benzene rings is 1. The molecule has 37 heavy (non-hydrogen) atoms. The Labute approximate surface area is 220 Å². The monoisotopic (exact) mass is 507 g/mol. The van der Waals surface area contributed by atoms with Crippen LogP contribution >= 0.6 is 0 Å². The molecule has 3 atom stereocenters. The van der Waals surface area contributed by atoms with E-state index in [1.807, 2.05) is 41.3 Å². The smallest absolute Gasteiger partial charge is 0.246 e. The average molecular weight is 508 g/mol. The molecule has 3 aliphatic rings. The largest absolute Gasteiger partial charge is 0.381 e. The zero-order valence-corrected chi connectivity index (χ0v) is 22.2. The summed E-state index contributed by atoms with van der Waals surface area (Å²) in [6.07, 6.45) is 11.6. The number of likely N-dealkylation sites (tertiary alicyclic amines) is 1. The van der Waals surface area contributed by atoms with Gasteiger partial charge in [0.05, 0.1) is 12.0 Å². The van der Waals surface area contributed by atoms with Gasteiger partial charge in [0, 0.05) is 37.7 Å². The van der Waals surface area contributed by atoms with Crippen molar-refractivity contribution in [1.82, 2.24) is 15.5 Å². The van der Waals surface area contributed by atoms with Gasteiger partial charge in [-0.1, -0.05) is 56.3 Å². The number of piperidine rings is 1. The van der Waals surface area contributed by atoms with Crippen LogP contribution in [-0.4, -0.2) is 61.0 Å². The van der Waals surface area contributed by atoms with Crippen LogP contribution in [0.2, 0.25) is 0 Å². The minimum Gasteiger partial charge on any atom is -0.381 e. The third kappa shape index (κ3) is 7.10. The number of nitrogens with zero attached hydrogens (tertiary/aromatic N) is 1. The van der Waals surface area contributed by atoms with E-state index < -0.39 is 11.5 Å². The fraction of sp³-hybridized carbons (Fsp3) is 0.567. The van der Waals surface area contributed by atoms with Crippen LogP contribution in [-0.2, 0) is 19.1 Å². The van der Waals surface area contributed by atoms with Crippen LogP contribution in [0.25, 0.3) is 6.08 Å². The first kappa shape index (κ1) is 27.1. The second kappa shape index (κ2) is 12.5. The molecule has 0 aliphatic carbocycles. The number of nitrogens with one attached hydrogen (secondary N) is 2. The third-order valence-electron chi connectivity index (χ3n) is 7.98. The highest BCUT2D eigenvalue weighted by molar-refractivity contribution is 5.93. The number of allylic oxidation sites excluding steroid dienone is 2. The third-order valence-corrected chi connectivity index (χ3v) is 7.98. The van der Waals surface area contributed by atoms with Crippen LogP contribution in [0.5, 0.6) is 0 Å². The molecule has 1 aromatic rings. The van der Waals surface area contributed by atoms with Crippen LogP contribution in [0.4, 0.5) is 0 Å². The van der Waals surface area contributed by atoms with Crippen molar-refractivity contribution in [2.75, 3.05) is 26.3 Å². The maximum atomic E-state index is 13.8. The van der Waals surface area contributed by atoms with Gasteiger partial charge in [0.2, 0.25) is 17.7 Å². The van der Waals surface area contributed by atoms with Gasteiger partial charge in [0.15, 0.2) is 0 Å². The number of carbonyl (C=O) groups excluding carboxylic acids is 3. The molecule has 7 heteroatoms. The summed E-state index contributed by atoms with van der Waals surface area (Å²) in [7, 11) is 0. The Bertz CT molecular complexity index is 995. The molecule has 0 aromatic heterocycles. The molecular weight excluding hydrogens is 466 g/mol. The topological polar surface area (TPSA) is 87.7 Å². The van der Waals surface area contributed by atoms with E-state index >= 15 is 0 Å². The van der Waals surface area contributed by atoms with Crippen molar-refractivity contribution >= 4 is 23.8 Å². The quantitative estimate of drug-likeness (QED) is 0.481. The Kier molecular flexibility index (Phi) is 9.19. The van der Waals surface area contributed by atoms with Gasteiger partial charge in [-0.15, -0.1) is 0 Å². The Balaban J connectivity index is 1.48. The maximum Gasteiger partial charge on any atom is 0.246 e. The van der Waals surface area contributed by atoms with E-state index in [1.54, 1.807) is 6.08 Å². The number of hydrogen-bond donors (Lipinski definition) is 2. The lowest BCUT2D eigenvalue weighted by atomic mass is 9.74. The minimum absolute atomic E-state index is 0.0387. The number of carbonyl (C=O) groups is 3. The van der Waals surface area contributed by atoms with Crippen LogP contribution in [0.15, 0.2) is 48.6 Å². The Morgan fingerprint density at radius 2 is 1.89 bits per heavy atom. The molecule has 7 nitrogen and oxygen atoms in total. The SMILES string of the molecule is CC(C)C[C@@H]1NC(=O)C2(C/C=C/C[C@@H]3COCC[C@@H]3NC1=O)CCN(C(=O)/C=C/c1ccccc1)CC2. The summed E-state index contributed by atoms with van der Waals surface area (Å²) in [4.78, 5) is 41.7. The van der Waals surface area contributed by atoms with Gasteiger partial charge >= 0.3 is 0 Å². The molecule has 2 saturated heterocycles. The first-order chi connectivity index (χ1) is 17.9. The molecule has 3 heterocycles. The Morgan fingerprint density at radius 3 is 2.62 bits per heavy atom. The van der Waals surface area contributed by atoms with Gasteiger partial charge in [0.1, 0.15) is 6.04 Å². The zero-order chi connectivity index (χ0) is 26.3. The van der Waals surface area contributed by atoms with Crippen molar-refractivity contribution in [3.63, 3.8) is 0 Å². The van der Waals surface area contributed by atoms with Gasteiger partial charge in [-0.05, 0) is 56.1 Å². The Morgan fingerprint density at radius 1 is 1.14 bits per heavy atom. The molecule has 3 aliphatic heterocycles. The number of fused-ring (bicyclic) bond motifs is 1. The van der Waals surface area contributed by atoms with Gasteiger partial charge in [0.25, 0.3) is 0 Å². The Hall–Kier alpha value is -2.93. The van der Waals surface area contributed by atoms with E-state index in [1.165, 1.54) is 0 Å². The fourth-order valence-electron chi connectivity index (χ4n) is 5.61. The molecule has 1 spiro atoms. The van der Waals surface area contributed by atoms with E-state index in [-0.39, 0.29) is 35.6 Å². The van der Waals surface area contributed by atoms with Crippen molar-refractivity contribution in [2.24, 2.45) is 17.3 Å². The van der Waals surface area contributed by atoms with Gasteiger partial charge in [-0.25, -0.2) is 0 Å². The highest BCUT2D eigenvalue weighted by Gasteiger charge is 2.43. The van der Waals surface area contributed by atoms with Crippen LogP contribution in [0.1, 0.15) is 57.9 Å². The summed E-state index contributed by atoms with van der Waals surface area (Å²) < 4.78 is 5.70. The molecule has 3 amide bonds. The van der Waals surface area contributed by atoms with Crippen LogP contribution < -0.4 is 10.6 Å². The van der Waals surface area contributed by atoms with Crippen LogP contribution in [0.3, 0.4) is 0 Å². The average Bonchev–Trinajstić information content (AvgIpc) is 2.90. The second-order valence-corrected chi connectivity index (χ2v) is 11.2. The summed E-state index contributed by atoms with van der Waals surface area (Å²) in [5.74, 6) is 0.284. The van der Waals surface area contributed by atoms with Crippen LogP contribution in [0, 0.1) is 17.3 Å². The summed E-state index contributed by atoms with van der Waals surface area (Å²) in [5, 5.41) is 6.35. The molecule has 1 aromatic carbocycles. The summed E-state index contributed by atoms with van der Waals surface area (Å²) in [6.45, 7) is 6.44. The first-order valence-electron chi connectivity index (χ1n) is 13.7. The molecular formula is C30H41N3O4. The molecule has 2 N–H and O–H groups in total. The van der Waals surface area contributed by atoms with E-state index in [9.17, 15) is 14.4 Å². The van der Waals surface area contributed by atoms with Crippen molar-refractivity contribution in [3.8, 4) is 0 Å². The van der Waals surface area contributed by atoms with E-state index in [0.29, 0.717) is 52.0 Å². The van der Waals surface area contributed by atoms with E-state index in [2.05, 4.69) is 36.6 Å². The molecule has 0 saturated carbocycles. The summed E-state index contributed by atoms with van der Waals surface area (Å²) in [6, 6.07) is 9.25. The predicted octanol–water partition coefficient (Wildman–Crippen LogP) is 3.71. The normalized spacial score (nSPS) is 27.6. The van der Waals surface area contributed by atoms with Crippen molar-refractivity contribution in [2.45, 2.75) is 64.5 Å². The van der Waals surface area contributed by atoms with Gasteiger partial charge in [-0.3, -0.25) is 14.4 Å². The standard InChI is InChI=1S/C30H41N3O4/c1-22(2)20-26-28(35)31-25-13-19-37-21-24(25)10-6-7-14-30(29(36)32-26)15-17-33(18-16-30)27(34)12-11-23-8-4-3-5-9-23/h3-9,11-12,22,24-26H,10,13-21H2,1-2H3,(H,31,35)(H,32,36)/b7-6+,12-11+/t24-,25+,26+/m1/s1. The van der Waals surface area contributed by atoms with E-state index in [0.717, 1.165) is 18.4 Å². The highest BCUT2D eigenvalue weighted by Crippen LogP contribution is 2.37. The predicted molar refractivity (Wildman–Crippen MR) is 144 cm³/mol.